The van der Waals surface area contributed by atoms with Crippen LogP contribution >= 0.6 is 11.6 Å². The van der Waals surface area contributed by atoms with Gasteiger partial charge in [0.05, 0.1) is 29.3 Å². The molecule has 3 aromatic rings. The third-order valence-electron chi connectivity index (χ3n) is 5.31. The van der Waals surface area contributed by atoms with Gasteiger partial charge in [-0.2, -0.15) is 0 Å². The quantitative estimate of drug-likeness (QED) is 0.444. The van der Waals surface area contributed by atoms with Crippen LogP contribution in [0.2, 0.25) is 5.02 Å². The van der Waals surface area contributed by atoms with Crippen molar-refractivity contribution in [2.45, 2.75) is 44.3 Å². The molecule has 14 heteroatoms. The van der Waals surface area contributed by atoms with Gasteiger partial charge < -0.3 is 14.2 Å². The molecular formula is C21H26ClN7O5S. The minimum absolute atomic E-state index is 0.0227. The highest BCUT2D eigenvalue weighted by Gasteiger charge is 2.37. The fourth-order valence-electron chi connectivity index (χ4n) is 3.66. The van der Waals surface area contributed by atoms with E-state index in [1.807, 2.05) is 0 Å². The molecule has 1 N–H and O–H groups in total. The van der Waals surface area contributed by atoms with E-state index in [1.165, 1.54) is 19.3 Å². The van der Waals surface area contributed by atoms with Crippen molar-refractivity contribution in [3.63, 3.8) is 0 Å². The molecule has 0 aliphatic carbocycles. The lowest BCUT2D eigenvalue weighted by Gasteiger charge is -2.26. The number of halogens is 1. The number of nitrogens with one attached hydrogen (secondary N) is 1. The molecule has 0 aromatic carbocycles. The van der Waals surface area contributed by atoms with Crippen molar-refractivity contribution in [3.8, 4) is 17.3 Å². The molecule has 12 nitrogen and oxygen atoms in total. The molecule has 0 radical (unpaired) electrons. The second-order valence-electron chi connectivity index (χ2n) is 8.21. The molecule has 0 unspecified atom stereocenters. The number of fused-ring (bicyclic) bond motifs is 3. The molecule has 35 heavy (non-hydrogen) atoms. The van der Waals surface area contributed by atoms with E-state index >= 15 is 0 Å². The van der Waals surface area contributed by atoms with Crippen molar-refractivity contribution in [2.75, 3.05) is 25.0 Å². The summed E-state index contributed by atoms with van der Waals surface area (Å²) in [7, 11) is -2.51. The van der Waals surface area contributed by atoms with E-state index in [9.17, 15) is 8.42 Å². The molecule has 0 bridgehead atoms. The number of rotatable bonds is 9. The lowest BCUT2D eigenvalue weighted by Crippen LogP contribution is -2.35. The molecule has 4 heterocycles. The van der Waals surface area contributed by atoms with Crippen molar-refractivity contribution in [3.05, 3.63) is 41.6 Å². The number of ether oxygens (including phenoxy) is 3. The van der Waals surface area contributed by atoms with E-state index in [1.54, 1.807) is 43.9 Å². The van der Waals surface area contributed by atoms with Crippen LogP contribution in [0.15, 0.2) is 30.7 Å². The van der Waals surface area contributed by atoms with Crippen LogP contribution in [0.3, 0.4) is 0 Å². The number of anilines is 1. The molecule has 1 aliphatic rings. The van der Waals surface area contributed by atoms with Gasteiger partial charge in [-0.15, -0.1) is 10.2 Å². The Hall–Kier alpha value is -2.87. The van der Waals surface area contributed by atoms with E-state index in [2.05, 4.69) is 29.9 Å². The monoisotopic (exact) mass is 523 g/mol. The molecule has 0 fully saturated rings. The average Bonchev–Trinajstić information content (AvgIpc) is 3.15. The number of methoxy groups -OCH3 is 1. The summed E-state index contributed by atoms with van der Waals surface area (Å²) in [6, 6.07) is 3.11. The van der Waals surface area contributed by atoms with Gasteiger partial charge in [0.15, 0.2) is 11.6 Å². The van der Waals surface area contributed by atoms with Crippen molar-refractivity contribution in [1.82, 2.24) is 29.7 Å². The largest absolute Gasteiger partial charge is 0.475 e. The van der Waals surface area contributed by atoms with Crippen LogP contribution in [-0.4, -0.2) is 69.8 Å². The SMILES string of the molecule is COC[C@@H]1COc2ncccc2-c2nnc(NS(=O)(=O)[C@@H](C)[C@@H](OC(C)C)c3ncc(Cl)cn3)n21. The number of aromatic nitrogens is 6. The Morgan fingerprint density at radius 3 is 2.66 bits per heavy atom. The summed E-state index contributed by atoms with van der Waals surface area (Å²) in [5, 5.41) is 7.62. The van der Waals surface area contributed by atoms with E-state index in [0.29, 0.717) is 22.3 Å². The van der Waals surface area contributed by atoms with Crippen LogP contribution in [0.5, 0.6) is 5.88 Å². The Labute approximate surface area is 208 Å². The summed E-state index contributed by atoms with van der Waals surface area (Å²) in [5.41, 5.74) is 0.590. The van der Waals surface area contributed by atoms with Crippen LogP contribution in [0.25, 0.3) is 11.4 Å². The van der Waals surface area contributed by atoms with Crippen LogP contribution in [0.4, 0.5) is 5.95 Å². The van der Waals surface area contributed by atoms with Gasteiger partial charge in [-0.3, -0.25) is 9.29 Å². The van der Waals surface area contributed by atoms with Gasteiger partial charge in [0.25, 0.3) is 0 Å². The number of sulfonamides is 1. The van der Waals surface area contributed by atoms with Crippen molar-refractivity contribution < 1.29 is 22.6 Å². The number of pyridine rings is 1. The normalized spacial score (nSPS) is 17.1. The summed E-state index contributed by atoms with van der Waals surface area (Å²) < 4.78 is 48.3. The molecule has 0 spiro atoms. The Bertz CT molecular complexity index is 1270. The molecule has 188 valence electrons. The zero-order valence-electron chi connectivity index (χ0n) is 19.6. The lowest BCUT2D eigenvalue weighted by molar-refractivity contribution is 0.00154. The van der Waals surface area contributed by atoms with Gasteiger partial charge in [-0.25, -0.2) is 23.4 Å². The van der Waals surface area contributed by atoms with Crippen LogP contribution in [-0.2, 0) is 19.5 Å². The first-order valence-corrected chi connectivity index (χ1v) is 12.8. The minimum atomic E-state index is -4.06. The van der Waals surface area contributed by atoms with Crippen molar-refractivity contribution >= 4 is 27.6 Å². The Morgan fingerprint density at radius 1 is 1.23 bits per heavy atom. The Balaban J connectivity index is 1.70. The molecule has 0 saturated carbocycles. The molecule has 3 aromatic heterocycles. The zero-order valence-corrected chi connectivity index (χ0v) is 21.2. The van der Waals surface area contributed by atoms with Crippen LogP contribution in [0, 0.1) is 0 Å². The predicted molar refractivity (Wildman–Crippen MR) is 128 cm³/mol. The van der Waals surface area contributed by atoms with E-state index in [-0.39, 0.29) is 31.1 Å². The third kappa shape index (κ3) is 5.37. The van der Waals surface area contributed by atoms with Gasteiger partial charge in [0, 0.05) is 25.7 Å². The smallest absolute Gasteiger partial charge is 0.240 e. The first-order chi connectivity index (χ1) is 16.7. The zero-order chi connectivity index (χ0) is 25.2. The topological polar surface area (TPSA) is 143 Å². The average molecular weight is 524 g/mol. The summed E-state index contributed by atoms with van der Waals surface area (Å²) >= 11 is 5.90. The summed E-state index contributed by atoms with van der Waals surface area (Å²) in [6.45, 7) is 5.54. The molecule has 0 amide bonds. The maximum Gasteiger partial charge on any atom is 0.240 e. The summed E-state index contributed by atoms with van der Waals surface area (Å²) in [4.78, 5) is 12.6. The third-order valence-corrected chi connectivity index (χ3v) is 7.20. The summed E-state index contributed by atoms with van der Waals surface area (Å²) in [5.74, 6) is 1.02. The Morgan fingerprint density at radius 2 is 1.97 bits per heavy atom. The fraction of sp³-hybridized carbons (Fsp3) is 0.476. The fourth-order valence-corrected chi connectivity index (χ4v) is 4.85. The van der Waals surface area contributed by atoms with E-state index < -0.39 is 27.4 Å². The first-order valence-electron chi connectivity index (χ1n) is 10.9. The number of nitrogens with zero attached hydrogens (tertiary/aromatic N) is 6. The molecular weight excluding hydrogens is 498 g/mol. The van der Waals surface area contributed by atoms with Crippen molar-refractivity contribution in [1.29, 1.82) is 0 Å². The standard InChI is InChI=1S/C21H26ClN7O5S/c1-12(2)34-17(18-24-8-14(22)9-25-18)13(3)35(30,31)28-21-27-26-19-16-6-5-7-23-20(16)33-11-15(10-32-4)29(19)21/h5-9,12-13,15,17H,10-11H2,1-4H3,(H,27,28)/t13-,15+,17+/m0/s1. The molecule has 1 aliphatic heterocycles. The van der Waals surface area contributed by atoms with Gasteiger partial charge in [-0.05, 0) is 32.9 Å². The number of hydrogen-bond acceptors (Lipinski definition) is 10. The van der Waals surface area contributed by atoms with Crippen molar-refractivity contribution in [2.24, 2.45) is 0 Å². The van der Waals surface area contributed by atoms with Gasteiger partial charge in [0.1, 0.15) is 18.0 Å². The van der Waals surface area contributed by atoms with Crippen LogP contribution < -0.4 is 9.46 Å². The van der Waals surface area contributed by atoms with Gasteiger partial charge in [-0.1, -0.05) is 11.6 Å². The van der Waals surface area contributed by atoms with Gasteiger partial charge in [0.2, 0.25) is 21.9 Å². The maximum absolute atomic E-state index is 13.5. The highest BCUT2D eigenvalue weighted by molar-refractivity contribution is 7.93. The van der Waals surface area contributed by atoms with Gasteiger partial charge >= 0.3 is 0 Å². The second kappa shape index (κ2) is 10.4. The van der Waals surface area contributed by atoms with E-state index in [0.717, 1.165) is 0 Å². The highest BCUT2D eigenvalue weighted by atomic mass is 35.5. The first kappa shape index (κ1) is 25.2. The number of hydrogen-bond donors (Lipinski definition) is 1. The molecule has 3 atom stereocenters. The van der Waals surface area contributed by atoms with Crippen LogP contribution in [0.1, 0.15) is 38.7 Å². The maximum atomic E-state index is 13.5. The second-order valence-corrected chi connectivity index (χ2v) is 10.7. The Kier molecular flexibility index (Phi) is 7.50. The molecule has 4 rings (SSSR count). The molecule has 0 saturated heterocycles. The summed E-state index contributed by atoms with van der Waals surface area (Å²) in [6.07, 6.45) is 3.15. The van der Waals surface area contributed by atoms with E-state index in [4.69, 9.17) is 25.8 Å². The minimum Gasteiger partial charge on any atom is -0.475 e. The predicted octanol–water partition coefficient (Wildman–Crippen LogP) is 2.66. The highest BCUT2D eigenvalue weighted by Crippen LogP contribution is 2.35. The lowest BCUT2D eigenvalue weighted by atomic mass is 10.2.